The van der Waals surface area contributed by atoms with Crippen LogP contribution in [-0.4, -0.2) is 38.9 Å². The molecule has 1 aromatic rings. The van der Waals surface area contributed by atoms with E-state index in [0.29, 0.717) is 17.9 Å². The average molecular weight is 268 g/mol. The normalized spacial score (nSPS) is 24.0. The summed E-state index contributed by atoms with van der Waals surface area (Å²) in [5.41, 5.74) is 0. The monoisotopic (exact) mass is 268 g/mol. The average Bonchev–Trinajstić information content (AvgIpc) is 2.91. The quantitative estimate of drug-likeness (QED) is 0.854. The fourth-order valence-electron chi connectivity index (χ4n) is 2.47. The van der Waals surface area contributed by atoms with Gasteiger partial charge in [-0.2, -0.15) is 16.9 Å². The lowest BCUT2D eigenvalue weighted by Gasteiger charge is -2.19. The maximum absolute atomic E-state index is 4.44. The SMILES string of the molecule is CCNC1CSCC1Cc1ncnn1CC(C)C. The molecule has 4 nitrogen and oxygen atoms in total. The molecule has 1 aliphatic heterocycles. The highest BCUT2D eigenvalue weighted by molar-refractivity contribution is 7.99. The molecule has 0 radical (unpaired) electrons. The zero-order valence-electron chi connectivity index (χ0n) is 11.6. The van der Waals surface area contributed by atoms with Crippen LogP contribution in [0.4, 0.5) is 0 Å². The summed E-state index contributed by atoms with van der Waals surface area (Å²) < 4.78 is 2.08. The molecule has 0 aromatic carbocycles. The number of nitrogens with zero attached hydrogens (tertiary/aromatic N) is 3. The summed E-state index contributed by atoms with van der Waals surface area (Å²) in [6.07, 6.45) is 2.75. The highest BCUT2D eigenvalue weighted by Gasteiger charge is 2.28. The van der Waals surface area contributed by atoms with E-state index in [1.165, 1.54) is 11.5 Å². The second-order valence-corrected chi connectivity index (χ2v) is 6.49. The van der Waals surface area contributed by atoms with Crippen LogP contribution >= 0.6 is 11.8 Å². The molecule has 1 saturated heterocycles. The summed E-state index contributed by atoms with van der Waals surface area (Å²) in [5.74, 6) is 4.94. The first-order valence-corrected chi connectivity index (χ1v) is 8.04. The first-order chi connectivity index (χ1) is 8.70. The van der Waals surface area contributed by atoms with Gasteiger partial charge in [0.1, 0.15) is 12.2 Å². The Kier molecular flexibility index (Phi) is 5.06. The summed E-state index contributed by atoms with van der Waals surface area (Å²) in [4.78, 5) is 4.44. The lowest BCUT2D eigenvalue weighted by molar-refractivity contribution is 0.403. The van der Waals surface area contributed by atoms with E-state index in [-0.39, 0.29) is 0 Å². The van der Waals surface area contributed by atoms with Crippen molar-refractivity contribution in [3.8, 4) is 0 Å². The Hall–Kier alpha value is -0.550. The topological polar surface area (TPSA) is 42.7 Å². The Morgan fingerprint density at radius 3 is 3.06 bits per heavy atom. The van der Waals surface area contributed by atoms with Gasteiger partial charge in [-0.25, -0.2) is 9.67 Å². The Balaban J connectivity index is 1.98. The molecule has 0 amide bonds. The zero-order chi connectivity index (χ0) is 13.0. The van der Waals surface area contributed by atoms with Gasteiger partial charge in [0.15, 0.2) is 0 Å². The third kappa shape index (κ3) is 3.48. The van der Waals surface area contributed by atoms with Crippen LogP contribution in [0.3, 0.4) is 0 Å². The summed E-state index contributed by atoms with van der Waals surface area (Å²) in [5, 5.41) is 7.94. The maximum atomic E-state index is 4.44. The second-order valence-electron chi connectivity index (χ2n) is 5.42. The van der Waals surface area contributed by atoms with E-state index in [0.717, 1.165) is 25.3 Å². The zero-order valence-corrected chi connectivity index (χ0v) is 12.4. The molecule has 2 heterocycles. The van der Waals surface area contributed by atoms with Gasteiger partial charge < -0.3 is 5.32 Å². The van der Waals surface area contributed by atoms with Gasteiger partial charge in [0.2, 0.25) is 0 Å². The van der Waals surface area contributed by atoms with E-state index < -0.39 is 0 Å². The molecule has 2 atom stereocenters. The number of hydrogen-bond acceptors (Lipinski definition) is 4. The molecule has 1 aliphatic rings. The third-order valence-corrected chi connectivity index (χ3v) is 4.60. The lowest BCUT2D eigenvalue weighted by Crippen LogP contribution is -2.36. The summed E-state index contributed by atoms with van der Waals surface area (Å²) >= 11 is 2.05. The fourth-order valence-corrected chi connectivity index (χ4v) is 3.90. The Morgan fingerprint density at radius 2 is 2.33 bits per heavy atom. The third-order valence-electron chi connectivity index (χ3n) is 3.34. The molecule has 1 fully saturated rings. The van der Waals surface area contributed by atoms with Gasteiger partial charge >= 0.3 is 0 Å². The minimum Gasteiger partial charge on any atom is -0.313 e. The lowest BCUT2D eigenvalue weighted by atomic mass is 9.99. The predicted octanol–water partition coefficient (Wildman–Crippen LogP) is 1.82. The number of aromatic nitrogens is 3. The van der Waals surface area contributed by atoms with Gasteiger partial charge in [0.05, 0.1) is 0 Å². The minimum atomic E-state index is 0.618. The van der Waals surface area contributed by atoms with Crippen LogP contribution in [0.2, 0.25) is 0 Å². The van der Waals surface area contributed by atoms with Crippen LogP contribution in [0.5, 0.6) is 0 Å². The van der Waals surface area contributed by atoms with Crippen molar-refractivity contribution in [2.75, 3.05) is 18.1 Å². The van der Waals surface area contributed by atoms with Gasteiger partial charge in [0, 0.05) is 24.8 Å². The van der Waals surface area contributed by atoms with Crippen molar-refractivity contribution in [1.82, 2.24) is 20.1 Å². The van der Waals surface area contributed by atoms with Crippen molar-refractivity contribution in [3.05, 3.63) is 12.2 Å². The molecule has 2 unspecified atom stereocenters. The van der Waals surface area contributed by atoms with Gasteiger partial charge in [-0.15, -0.1) is 0 Å². The van der Waals surface area contributed by atoms with E-state index in [1.54, 1.807) is 6.33 Å². The van der Waals surface area contributed by atoms with Gasteiger partial charge in [-0.3, -0.25) is 0 Å². The first kappa shape index (κ1) is 13.9. The van der Waals surface area contributed by atoms with Crippen molar-refractivity contribution in [2.24, 2.45) is 11.8 Å². The molecule has 0 saturated carbocycles. The summed E-state index contributed by atoms with van der Waals surface area (Å²) in [6.45, 7) is 8.65. The number of hydrogen-bond donors (Lipinski definition) is 1. The number of thioether (sulfide) groups is 1. The molecule has 1 aromatic heterocycles. The van der Waals surface area contributed by atoms with Crippen LogP contribution < -0.4 is 5.32 Å². The molecule has 2 rings (SSSR count). The van der Waals surface area contributed by atoms with Crippen LogP contribution in [0.1, 0.15) is 26.6 Å². The smallest absolute Gasteiger partial charge is 0.138 e. The highest BCUT2D eigenvalue weighted by atomic mass is 32.2. The van der Waals surface area contributed by atoms with Crippen molar-refractivity contribution in [3.63, 3.8) is 0 Å². The molecular formula is C13H24N4S. The predicted molar refractivity (Wildman–Crippen MR) is 76.8 cm³/mol. The standard InChI is InChI=1S/C13H24N4S/c1-4-14-12-8-18-7-11(12)5-13-15-9-16-17(13)6-10(2)3/h9-12,14H,4-8H2,1-3H3. The van der Waals surface area contributed by atoms with Gasteiger partial charge in [-0.1, -0.05) is 20.8 Å². The van der Waals surface area contributed by atoms with E-state index in [1.807, 2.05) is 0 Å². The minimum absolute atomic E-state index is 0.618. The van der Waals surface area contributed by atoms with Crippen LogP contribution in [0.15, 0.2) is 6.33 Å². The maximum Gasteiger partial charge on any atom is 0.138 e. The van der Waals surface area contributed by atoms with Crippen molar-refractivity contribution < 1.29 is 0 Å². The van der Waals surface area contributed by atoms with Gasteiger partial charge in [-0.05, 0) is 24.1 Å². The molecule has 18 heavy (non-hydrogen) atoms. The number of nitrogens with one attached hydrogen (secondary N) is 1. The summed E-state index contributed by atoms with van der Waals surface area (Å²) in [7, 11) is 0. The van der Waals surface area contributed by atoms with E-state index >= 15 is 0 Å². The second kappa shape index (κ2) is 6.57. The molecule has 0 bridgehead atoms. The molecule has 0 spiro atoms. The van der Waals surface area contributed by atoms with Crippen LogP contribution in [0.25, 0.3) is 0 Å². The highest BCUT2D eigenvalue weighted by Crippen LogP contribution is 2.26. The Bertz CT molecular complexity index is 364. The van der Waals surface area contributed by atoms with E-state index in [9.17, 15) is 0 Å². The number of rotatable bonds is 6. The molecule has 0 aliphatic carbocycles. The van der Waals surface area contributed by atoms with E-state index in [4.69, 9.17) is 0 Å². The van der Waals surface area contributed by atoms with Crippen molar-refractivity contribution >= 4 is 11.8 Å². The molecule has 1 N–H and O–H groups in total. The van der Waals surface area contributed by atoms with Crippen LogP contribution in [-0.2, 0) is 13.0 Å². The van der Waals surface area contributed by atoms with Crippen LogP contribution in [0, 0.1) is 11.8 Å². The van der Waals surface area contributed by atoms with Gasteiger partial charge in [0.25, 0.3) is 0 Å². The largest absolute Gasteiger partial charge is 0.313 e. The van der Waals surface area contributed by atoms with Crippen molar-refractivity contribution in [2.45, 2.75) is 39.8 Å². The van der Waals surface area contributed by atoms with Crippen molar-refractivity contribution in [1.29, 1.82) is 0 Å². The van der Waals surface area contributed by atoms with E-state index in [2.05, 4.69) is 52.6 Å². The molecule has 5 heteroatoms. The molecule has 102 valence electrons. The Labute approximate surface area is 114 Å². The fraction of sp³-hybridized carbons (Fsp3) is 0.846. The first-order valence-electron chi connectivity index (χ1n) is 6.88. The molecular weight excluding hydrogens is 244 g/mol. The summed E-state index contributed by atoms with van der Waals surface area (Å²) in [6, 6.07) is 0.643. The Morgan fingerprint density at radius 1 is 1.50 bits per heavy atom.